The predicted molar refractivity (Wildman–Crippen MR) is 204 cm³/mol. The number of hydrogen-bond donors (Lipinski definition) is 6. The van der Waals surface area contributed by atoms with Crippen LogP contribution in [0, 0.1) is 33.5 Å². The number of nitrogens with one attached hydrogen (secondary N) is 4. The van der Waals surface area contributed by atoms with E-state index >= 15 is 0 Å². The summed E-state index contributed by atoms with van der Waals surface area (Å²) in [5, 5.41) is 51.4. The highest BCUT2D eigenvalue weighted by molar-refractivity contribution is 5.55. The molecule has 0 amide bonds. The van der Waals surface area contributed by atoms with Gasteiger partial charge in [-0.1, -0.05) is 55.4 Å². The topological polar surface area (TPSA) is 239 Å². The molecule has 0 aliphatic heterocycles. The first kappa shape index (κ1) is 39.6. The van der Waals surface area contributed by atoms with Crippen molar-refractivity contribution in [2.24, 2.45) is 10.8 Å². The monoisotopic (exact) mass is 734 g/mol. The van der Waals surface area contributed by atoms with Gasteiger partial charge in [-0.15, -0.1) is 0 Å². The molecule has 0 saturated heterocycles. The Balaban J connectivity index is 0.000000208. The van der Waals surface area contributed by atoms with Crippen LogP contribution in [0.25, 0.3) is 0 Å². The molecule has 4 atom stereocenters. The van der Waals surface area contributed by atoms with Crippen LogP contribution >= 0.6 is 0 Å². The fraction of sp³-hybridized carbons (Fsp3) is 0.526. The molecule has 0 unspecified atom stereocenters. The average Bonchev–Trinajstić information content (AvgIpc) is 3.16. The summed E-state index contributed by atoms with van der Waals surface area (Å²) in [5.41, 5.74) is 3.77. The Morgan fingerprint density at radius 3 is 1.33 bits per heavy atom. The summed E-state index contributed by atoms with van der Waals surface area (Å²) in [5.74, 6) is 2.30. The van der Waals surface area contributed by atoms with Crippen LogP contribution in [0.4, 0.5) is 23.5 Å². The molecule has 2 aliphatic rings. The second kappa shape index (κ2) is 16.6. The molecule has 6 N–H and O–H groups in total. The average molecular weight is 735 g/mol. The fourth-order valence-electron chi connectivity index (χ4n) is 6.26. The molecule has 0 spiro atoms. The summed E-state index contributed by atoms with van der Waals surface area (Å²) in [6.07, 6.45) is 10.3. The van der Waals surface area contributed by atoms with Crippen LogP contribution < -0.4 is 21.3 Å². The Hall–Kier alpha value is -5.58. The van der Waals surface area contributed by atoms with Crippen LogP contribution in [-0.2, 0) is 13.1 Å². The molecule has 0 bridgehead atoms. The van der Waals surface area contributed by atoms with Crippen molar-refractivity contribution in [1.29, 1.82) is 10.5 Å². The number of nitriles is 2. The third-order valence-corrected chi connectivity index (χ3v) is 10.4. The smallest absolute Gasteiger partial charge is 0.225 e. The molecule has 284 valence electrons. The van der Waals surface area contributed by atoms with Gasteiger partial charge in [-0.3, -0.25) is 19.9 Å². The summed E-state index contributed by atoms with van der Waals surface area (Å²) in [4.78, 5) is 34.9. The highest BCUT2D eigenvalue weighted by Crippen LogP contribution is 2.43. The van der Waals surface area contributed by atoms with E-state index in [9.17, 15) is 20.7 Å². The fourth-order valence-corrected chi connectivity index (χ4v) is 6.26. The Morgan fingerprint density at radius 2 is 1.02 bits per heavy atom. The lowest BCUT2D eigenvalue weighted by Crippen LogP contribution is -2.57. The van der Waals surface area contributed by atoms with Crippen LogP contribution in [0.15, 0.2) is 37.2 Å². The zero-order valence-corrected chi connectivity index (χ0v) is 32.1. The van der Waals surface area contributed by atoms with Crippen molar-refractivity contribution < 1.29 is 10.2 Å². The molecular formula is C38H50N14O2. The first-order chi connectivity index (χ1) is 25.6. The van der Waals surface area contributed by atoms with Gasteiger partial charge in [0.05, 0.1) is 60.5 Å². The van der Waals surface area contributed by atoms with E-state index in [0.29, 0.717) is 60.6 Å². The summed E-state index contributed by atoms with van der Waals surface area (Å²) < 4.78 is 0. The summed E-state index contributed by atoms with van der Waals surface area (Å²) in [6, 6.07) is 4.33. The van der Waals surface area contributed by atoms with E-state index in [1.165, 1.54) is 12.4 Å². The summed E-state index contributed by atoms with van der Waals surface area (Å²) in [7, 11) is 0. The minimum absolute atomic E-state index is 0.0508. The van der Waals surface area contributed by atoms with Crippen LogP contribution in [0.2, 0.25) is 0 Å². The van der Waals surface area contributed by atoms with Crippen molar-refractivity contribution in [2.75, 3.05) is 21.3 Å². The molecule has 0 aromatic carbocycles. The molecule has 2 fully saturated rings. The van der Waals surface area contributed by atoms with Gasteiger partial charge in [0, 0.05) is 47.7 Å². The molecule has 54 heavy (non-hydrogen) atoms. The van der Waals surface area contributed by atoms with Gasteiger partial charge in [0.25, 0.3) is 0 Å². The zero-order valence-electron chi connectivity index (χ0n) is 32.1. The molecule has 6 rings (SSSR count). The first-order valence-corrected chi connectivity index (χ1v) is 18.2. The van der Waals surface area contributed by atoms with Crippen molar-refractivity contribution in [3.8, 4) is 12.1 Å². The van der Waals surface area contributed by atoms with Crippen molar-refractivity contribution in [2.45, 2.75) is 117 Å². The number of anilines is 4. The molecule has 4 heterocycles. The maximum absolute atomic E-state index is 9.92. The molecular weight excluding hydrogens is 685 g/mol. The van der Waals surface area contributed by atoms with E-state index in [1.54, 1.807) is 24.8 Å². The highest BCUT2D eigenvalue weighted by Gasteiger charge is 2.48. The third kappa shape index (κ3) is 8.78. The third-order valence-electron chi connectivity index (χ3n) is 10.4. The number of hydrogen-bond acceptors (Lipinski definition) is 16. The van der Waals surface area contributed by atoms with Crippen molar-refractivity contribution in [3.63, 3.8) is 0 Å². The van der Waals surface area contributed by atoms with Gasteiger partial charge in [-0.2, -0.15) is 20.5 Å². The lowest BCUT2D eigenvalue weighted by molar-refractivity contribution is -0.0512. The van der Waals surface area contributed by atoms with Gasteiger partial charge in [0.2, 0.25) is 11.9 Å². The number of aliphatic hydroxyl groups excluding tert-OH is 2. The predicted octanol–water partition coefficient (Wildman–Crippen LogP) is 4.89. The minimum atomic E-state index is -0.355. The summed E-state index contributed by atoms with van der Waals surface area (Å²) >= 11 is 0. The van der Waals surface area contributed by atoms with Crippen LogP contribution in [0.3, 0.4) is 0 Å². The lowest BCUT2D eigenvalue weighted by atomic mass is 9.64. The Morgan fingerprint density at radius 1 is 0.648 bits per heavy atom. The van der Waals surface area contributed by atoms with Crippen LogP contribution in [0.1, 0.15) is 114 Å². The largest absolute Gasteiger partial charge is 0.392 e. The van der Waals surface area contributed by atoms with Crippen molar-refractivity contribution in [3.05, 3.63) is 71.1 Å². The molecule has 4 aromatic heterocycles. The second-order valence-electron chi connectivity index (χ2n) is 15.5. The number of aromatic nitrogens is 8. The number of rotatable bonds is 12. The molecule has 4 aromatic rings. The standard InChI is InChI=1S/2C19H25N7O/c2*1-11(2)16-13(21-5-6-22-16)10-24-18-23-9-12(8-20)17(26-18)25-14-7-15(27)19(14,3)4/h2*5-6,9,11,14-15,27H,7,10H2,1-4H3,(H2,23,24,25,26)/t2*14-,15+/m10/s1. The molecule has 0 radical (unpaired) electrons. The van der Waals surface area contributed by atoms with E-state index in [0.717, 1.165) is 22.8 Å². The van der Waals surface area contributed by atoms with Gasteiger partial charge in [-0.25, -0.2) is 9.97 Å². The summed E-state index contributed by atoms with van der Waals surface area (Å²) in [6.45, 7) is 17.1. The van der Waals surface area contributed by atoms with Crippen LogP contribution in [0.5, 0.6) is 0 Å². The van der Waals surface area contributed by atoms with Crippen LogP contribution in [-0.4, -0.2) is 74.4 Å². The van der Waals surface area contributed by atoms with Gasteiger partial charge in [0.15, 0.2) is 0 Å². The van der Waals surface area contributed by atoms with E-state index in [2.05, 4.69) is 101 Å². The molecule has 2 saturated carbocycles. The SMILES string of the molecule is CC(C)c1nccnc1CNc1ncc(C#N)c(N[C@@H]2C[C@H](O)C2(C)C)n1.CC(C)c1nccnc1CNc1ncc(C#N)c(N[C@H]2C[C@@H](O)C2(C)C)n1. The molecule has 16 nitrogen and oxygen atoms in total. The van der Waals surface area contributed by atoms with Gasteiger partial charge >= 0.3 is 0 Å². The maximum atomic E-state index is 9.92. The van der Waals surface area contributed by atoms with E-state index in [1.807, 2.05) is 27.7 Å². The van der Waals surface area contributed by atoms with Gasteiger partial charge in [0.1, 0.15) is 34.9 Å². The quantitative estimate of drug-likeness (QED) is 0.114. The van der Waals surface area contributed by atoms with E-state index in [-0.39, 0.29) is 47.0 Å². The Labute approximate surface area is 316 Å². The van der Waals surface area contributed by atoms with E-state index in [4.69, 9.17) is 0 Å². The van der Waals surface area contributed by atoms with Crippen molar-refractivity contribution >= 4 is 23.5 Å². The normalized spacial score (nSPS) is 20.6. The van der Waals surface area contributed by atoms with Gasteiger partial charge in [-0.05, 0) is 24.7 Å². The maximum Gasteiger partial charge on any atom is 0.225 e. The number of aliphatic hydroxyl groups is 2. The molecule has 16 heteroatoms. The Kier molecular flexibility index (Phi) is 12.2. The first-order valence-electron chi connectivity index (χ1n) is 18.2. The van der Waals surface area contributed by atoms with Gasteiger partial charge < -0.3 is 31.5 Å². The Bertz CT molecular complexity index is 1860. The number of nitrogens with zero attached hydrogens (tertiary/aromatic N) is 10. The van der Waals surface area contributed by atoms with E-state index < -0.39 is 0 Å². The zero-order chi connectivity index (χ0) is 39.2. The minimum Gasteiger partial charge on any atom is -0.392 e. The molecule has 2 aliphatic carbocycles. The van der Waals surface area contributed by atoms with Crippen molar-refractivity contribution in [1.82, 2.24) is 39.9 Å². The highest BCUT2D eigenvalue weighted by atomic mass is 16.3. The lowest BCUT2D eigenvalue weighted by Gasteiger charge is -2.49. The second-order valence-corrected chi connectivity index (χ2v) is 15.5.